The Kier molecular flexibility index (Phi) is 4.28. The van der Waals surface area contributed by atoms with Crippen LogP contribution in [0, 0.1) is 0 Å². The number of H-pyrrole nitrogens is 1. The first-order valence-corrected chi connectivity index (χ1v) is 8.51. The number of hydrogen-bond acceptors (Lipinski definition) is 2. The molecule has 2 aromatic carbocycles. The van der Waals surface area contributed by atoms with Crippen LogP contribution in [-0.4, -0.2) is 21.6 Å². The topological polar surface area (TPSA) is 31.9 Å². The second kappa shape index (κ2) is 6.61. The number of nitrogens with one attached hydrogen (secondary N) is 1. The van der Waals surface area contributed by atoms with E-state index in [9.17, 15) is 13.2 Å². The van der Waals surface area contributed by atoms with Crippen molar-refractivity contribution in [2.75, 3.05) is 6.54 Å². The first-order chi connectivity index (χ1) is 12.5. The van der Waals surface area contributed by atoms with E-state index in [0.717, 1.165) is 55.1 Å². The van der Waals surface area contributed by atoms with Gasteiger partial charge in [0.1, 0.15) is 0 Å². The molecule has 3 nitrogen and oxygen atoms in total. The number of fused-ring (bicyclic) bond motifs is 1. The van der Waals surface area contributed by atoms with Crippen molar-refractivity contribution in [1.82, 2.24) is 15.1 Å². The zero-order valence-corrected chi connectivity index (χ0v) is 14.1. The maximum atomic E-state index is 12.8. The molecule has 3 aromatic rings. The summed E-state index contributed by atoms with van der Waals surface area (Å²) in [7, 11) is 0. The van der Waals surface area contributed by atoms with Crippen LogP contribution >= 0.6 is 0 Å². The third kappa shape index (κ3) is 3.37. The van der Waals surface area contributed by atoms with Gasteiger partial charge in [-0.2, -0.15) is 18.3 Å². The molecule has 0 fully saturated rings. The normalized spacial score (nSPS) is 15.0. The molecule has 0 aliphatic carbocycles. The first kappa shape index (κ1) is 16.8. The van der Waals surface area contributed by atoms with Crippen molar-refractivity contribution in [2.24, 2.45) is 0 Å². The van der Waals surface area contributed by atoms with E-state index < -0.39 is 11.7 Å². The molecule has 1 aromatic heterocycles. The fourth-order valence-corrected chi connectivity index (χ4v) is 3.38. The van der Waals surface area contributed by atoms with E-state index in [4.69, 9.17) is 0 Å². The monoisotopic (exact) mass is 357 g/mol. The molecule has 0 radical (unpaired) electrons. The van der Waals surface area contributed by atoms with Crippen LogP contribution in [0.25, 0.3) is 11.3 Å². The molecule has 0 spiro atoms. The average Bonchev–Trinajstić information content (AvgIpc) is 3.05. The molecular weight excluding hydrogens is 339 g/mol. The van der Waals surface area contributed by atoms with Crippen LogP contribution in [0.5, 0.6) is 0 Å². The second-order valence-corrected chi connectivity index (χ2v) is 6.55. The van der Waals surface area contributed by atoms with E-state index in [2.05, 4.69) is 27.2 Å². The van der Waals surface area contributed by atoms with Gasteiger partial charge in [0.15, 0.2) is 0 Å². The third-order valence-corrected chi connectivity index (χ3v) is 4.75. The lowest BCUT2D eigenvalue weighted by Crippen LogP contribution is -2.29. The molecule has 0 unspecified atom stereocenters. The second-order valence-electron chi connectivity index (χ2n) is 6.55. The van der Waals surface area contributed by atoms with Gasteiger partial charge in [-0.05, 0) is 17.7 Å². The highest BCUT2D eigenvalue weighted by Crippen LogP contribution is 2.33. The van der Waals surface area contributed by atoms with Crippen LogP contribution in [-0.2, 0) is 25.7 Å². The van der Waals surface area contributed by atoms with Crippen molar-refractivity contribution in [3.63, 3.8) is 0 Å². The van der Waals surface area contributed by atoms with Crippen molar-refractivity contribution in [3.05, 3.63) is 77.0 Å². The van der Waals surface area contributed by atoms with E-state index in [0.29, 0.717) is 5.56 Å². The molecule has 26 heavy (non-hydrogen) atoms. The van der Waals surface area contributed by atoms with Gasteiger partial charge in [0.25, 0.3) is 0 Å². The largest absolute Gasteiger partial charge is 0.416 e. The van der Waals surface area contributed by atoms with Gasteiger partial charge in [-0.1, -0.05) is 42.5 Å². The number of aromatic nitrogens is 2. The number of aromatic amines is 1. The molecule has 0 bridgehead atoms. The number of benzene rings is 2. The van der Waals surface area contributed by atoms with E-state index in [1.807, 2.05) is 18.2 Å². The van der Waals surface area contributed by atoms with Crippen molar-refractivity contribution in [3.8, 4) is 11.3 Å². The predicted octanol–water partition coefficient (Wildman–Crippen LogP) is 4.65. The van der Waals surface area contributed by atoms with Crippen LogP contribution in [0.1, 0.15) is 22.4 Å². The molecule has 0 amide bonds. The highest BCUT2D eigenvalue weighted by atomic mass is 19.4. The highest BCUT2D eigenvalue weighted by molar-refractivity contribution is 5.64. The lowest BCUT2D eigenvalue weighted by Gasteiger charge is -2.27. The van der Waals surface area contributed by atoms with Crippen LogP contribution in [0.15, 0.2) is 54.6 Å². The van der Waals surface area contributed by atoms with Crippen LogP contribution in [0.2, 0.25) is 0 Å². The number of nitrogens with zero attached hydrogens (tertiary/aromatic N) is 2. The summed E-state index contributed by atoms with van der Waals surface area (Å²) in [5.41, 5.74) is 4.20. The van der Waals surface area contributed by atoms with Gasteiger partial charge in [0.2, 0.25) is 0 Å². The number of hydrogen-bond donors (Lipinski definition) is 1. The van der Waals surface area contributed by atoms with E-state index >= 15 is 0 Å². The van der Waals surface area contributed by atoms with Crippen molar-refractivity contribution in [2.45, 2.75) is 25.7 Å². The molecule has 6 heteroatoms. The molecule has 2 heterocycles. The minimum Gasteiger partial charge on any atom is -0.294 e. The van der Waals surface area contributed by atoms with E-state index in [1.54, 1.807) is 0 Å². The number of rotatable bonds is 3. The molecule has 1 aliphatic rings. The summed E-state index contributed by atoms with van der Waals surface area (Å²) in [6, 6.07) is 15.5. The molecule has 1 N–H and O–H groups in total. The minimum absolute atomic E-state index is 0.642. The first-order valence-electron chi connectivity index (χ1n) is 8.51. The Balaban J connectivity index is 1.57. The molecule has 0 saturated heterocycles. The predicted molar refractivity (Wildman–Crippen MR) is 93.3 cm³/mol. The van der Waals surface area contributed by atoms with Crippen molar-refractivity contribution < 1.29 is 13.2 Å². The van der Waals surface area contributed by atoms with Crippen LogP contribution < -0.4 is 0 Å². The van der Waals surface area contributed by atoms with E-state index in [-0.39, 0.29) is 0 Å². The Morgan fingerprint density at radius 1 is 1.00 bits per heavy atom. The van der Waals surface area contributed by atoms with Crippen molar-refractivity contribution >= 4 is 0 Å². The van der Waals surface area contributed by atoms with Gasteiger partial charge >= 0.3 is 6.18 Å². The summed E-state index contributed by atoms with van der Waals surface area (Å²) < 4.78 is 38.3. The fourth-order valence-electron chi connectivity index (χ4n) is 3.38. The number of halogens is 3. The molecular formula is C20H18F3N3. The SMILES string of the molecule is FC(F)(F)c1ccc(-c2n[nH]c3c2CN(Cc2ccccc2)CC3)cc1. The molecule has 1 aliphatic heterocycles. The average molecular weight is 357 g/mol. The number of alkyl halides is 3. The zero-order valence-electron chi connectivity index (χ0n) is 14.1. The molecule has 0 atom stereocenters. The standard InChI is InChI=1S/C20H18F3N3/c21-20(22,23)16-8-6-15(7-9-16)19-17-13-26(11-10-18(17)24-25-19)12-14-4-2-1-3-5-14/h1-9H,10-13H2,(H,24,25). The highest BCUT2D eigenvalue weighted by Gasteiger charge is 2.30. The Bertz CT molecular complexity index is 883. The lowest BCUT2D eigenvalue weighted by molar-refractivity contribution is -0.137. The summed E-state index contributed by atoms with van der Waals surface area (Å²) in [5.74, 6) is 0. The summed E-state index contributed by atoms with van der Waals surface area (Å²) in [5, 5.41) is 7.42. The minimum atomic E-state index is -4.32. The fraction of sp³-hybridized carbons (Fsp3) is 0.250. The molecule has 134 valence electrons. The van der Waals surface area contributed by atoms with E-state index in [1.165, 1.54) is 17.7 Å². The lowest BCUT2D eigenvalue weighted by atomic mass is 9.99. The van der Waals surface area contributed by atoms with Gasteiger partial charge in [0, 0.05) is 42.9 Å². The Hall–Kier alpha value is -2.60. The maximum absolute atomic E-state index is 12.8. The Morgan fingerprint density at radius 2 is 1.73 bits per heavy atom. The maximum Gasteiger partial charge on any atom is 0.416 e. The Labute approximate surface area is 149 Å². The van der Waals surface area contributed by atoms with Crippen molar-refractivity contribution in [1.29, 1.82) is 0 Å². The summed E-state index contributed by atoms with van der Waals surface area (Å²) in [4.78, 5) is 2.33. The quantitative estimate of drug-likeness (QED) is 0.740. The van der Waals surface area contributed by atoms with Gasteiger partial charge in [0.05, 0.1) is 11.3 Å². The molecule has 0 saturated carbocycles. The zero-order chi connectivity index (χ0) is 18.1. The van der Waals surface area contributed by atoms with Crippen LogP contribution in [0.3, 0.4) is 0 Å². The third-order valence-electron chi connectivity index (χ3n) is 4.75. The molecule has 4 rings (SSSR count). The summed E-state index contributed by atoms with van der Waals surface area (Å²) >= 11 is 0. The summed E-state index contributed by atoms with van der Waals surface area (Å²) in [6.45, 7) is 2.51. The van der Waals surface area contributed by atoms with Gasteiger partial charge < -0.3 is 0 Å². The van der Waals surface area contributed by atoms with Gasteiger partial charge in [-0.3, -0.25) is 10.00 Å². The van der Waals surface area contributed by atoms with Crippen LogP contribution in [0.4, 0.5) is 13.2 Å². The smallest absolute Gasteiger partial charge is 0.294 e. The van der Waals surface area contributed by atoms with Gasteiger partial charge in [-0.15, -0.1) is 0 Å². The van der Waals surface area contributed by atoms with Gasteiger partial charge in [-0.25, -0.2) is 0 Å². The summed E-state index contributed by atoms with van der Waals surface area (Å²) in [6.07, 6.45) is -3.47. The Morgan fingerprint density at radius 3 is 2.42 bits per heavy atom.